The predicted octanol–water partition coefficient (Wildman–Crippen LogP) is 2.40. The average Bonchev–Trinajstić information content (AvgIpc) is 2.37. The Hall–Kier alpha value is -0.770. The highest BCUT2D eigenvalue weighted by atomic mass is 16.5. The van der Waals surface area contributed by atoms with Crippen molar-refractivity contribution in [3.05, 3.63) is 0 Å². The molecule has 0 amide bonds. The van der Waals surface area contributed by atoms with E-state index in [1.165, 1.54) is 19.3 Å². The van der Waals surface area contributed by atoms with Crippen LogP contribution in [0.2, 0.25) is 0 Å². The molecule has 1 aliphatic heterocycles. The third kappa shape index (κ3) is 6.81. The molecule has 19 heavy (non-hydrogen) atoms. The van der Waals surface area contributed by atoms with E-state index in [0.29, 0.717) is 0 Å². The highest BCUT2D eigenvalue weighted by Gasteiger charge is 2.24. The van der Waals surface area contributed by atoms with Gasteiger partial charge in [-0.05, 0) is 44.4 Å². The lowest BCUT2D eigenvalue weighted by atomic mass is 9.80. The van der Waals surface area contributed by atoms with Gasteiger partial charge >= 0.3 is 0 Å². The standard InChI is InChI=1S/C15H31N3O/c1-5-16-14(17-6-2)18-12-15(3,4)11-13-7-9-19-10-8-13/h13H,5-12H2,1-4H3,(H2,16,17,18). The van der Waals surface area contributed by atoms with Crippen molar-refractivity contribution in [3.63, 3.8) is 0 Å². The van der Waals surface area contributed by atoms with Gasteiger partial charge in [0.25, 0.3) is 0 Å². The van der Waals surface area contributed by atoms with Crippen LogP contribution in [0, 0.1) is 11.3 Å². The van der Waals surface area contributed by atoms with Crippen LogP contribution in [0.15, 0.2) is 4.99 Å². The zero-order chi connectivity index (χ0) is 14.1. The van der Waals surface area contributed by atoms with Crippen molar-refractivity contribution in [1.29, 1.82) is 0 Å². The molecule has 0 aromatic carbocycles. The predicted molar refractivity (Wildman–Crippen MR) is 81.6 cm³/mol. The van der Waals surface area contributed by atoms with Gasteiger partial charge in [0, 0.05) is 32.8 Å². The molecule has 0 spiro atoms. The van der Waals surface area contributed by atoms with Gasteiger partial charge in [-0.1, -0.05) is 13.8 Å². The molecule has 4 heteroatoms. The summed E-state index contributed by atoms with van der Waals surface area (Å²) in [5, 5.41) is 6.56. The van der Waals surface area contributed by atoms with Crippen molar-refractivity contribution < 1.29 is 4.74 Å². The topological polar surface area (TPSA) is 45.7 Å². The highest BCUT2D eigenvalue weighted by molar-refractivity contribution is 5.79. The van der Waals surface area contributed by atoms with Crippen LogP contribution in [0.5, 0.6) is 0 Å². The van der Waals surface area contributed by atoms with Gasteiger partial charge in [-0.15, -0.1) is 0 Å². The third-order valence-electron chi connectivity index (χ3n) is 3.54. The fourth-order valence-corrected chi connectivity index (χ4v) is 2.60. The van der Waals surface area contributed by atoms with Crippen LogP contribution in [-0.4, -0.2) is 38.8 Å². The second-order valence-electron chi connectivity index (χ2n) is 6.15. The number of rotatable bonds is 6. The molecule has 1 heterocycles. The van der Waals surface area contributed by atoms with Crippen LogP contribution in [0.25, 0.3) is 0 Å². The van der Waals surface area contributed by atoms with Crippen LogP contribution < -0.4 is 10.6 Å². The monoisotopic (exact) mass is 269 g/mol. The van der Waals surface area contributed by atoms with E-state index in [4.69, 9.17) is 9.73 Å². The number of hydrogen-bond acceptors (Lipinski definition) is 2. The van der Waals surface area contributed by atoms with E-state index in [1.54, 1.807) is 0 Å². The Bertz CT molecular complexity index is 263. The summed E-state index contributed by atoms with van der Waals surface area (Å²) < 4.78 is 5.43. The Morgan fingerprint density at radius 3 is 2.26 bits per heavy atom. The van der Waals surface area contributed by atoms with Crippen LogP contribution >= 0.6 is 0 Å². The number of ether oxygens (including phenoxy) is 1. The van der Waals surface area contributed by atoms with Gasteiger partial charge in [-0.2, -0.15) is 0 Å². The first kappa shape index (κ1) is 16.3. The van der Waals surface area contributed by atoms with E-state index >= 15 is 0 Å². The fourth-order valence-electron chi connectivity index (χ4n) is 2.60. The number of guanidine groups is 1. The van der Waals surface area contributed by atoms with Crippen molar-refractivity contribution in [1.82, 2.24) is 10.6 Å². The first-order valence-electron chi connectivity index (χ1n) is 7.67. The molecule has 1 rings (SSSR count). The maximum Gasteiger partial charge on any atom is 0.191 e. The molecule has 2 N–H and O–H groups in total. The third-order valence-corrected chi connectivity index (χ3v) is 3.54. The van der Waals surface area contributed by atoms with E-state index in [1.807, 2.05) is 0 Å². The van der Waals surface area contributed by atoms with Gasteiger partial charge < -0.3 is 15.4 Å². The van der Waals surface area contributed by atoms with Crippen LogP contribution in [0.3, 0.4) is 0 Å². The Balaban J connectivity index is 2.44. The Kier molecular flexibility index (Phi) is 7.21. The van der Waals surface area contributed by atoms with E-state index in [2.05, 4.69) is 38.3 Å². The van der Waals surface area contributed by atoms with Crippen molar-refractivity contribution in [2.75, 3.05) is 32.8 Å². The lowest BCUT2D eigenvalue weighted by Gasteiger charge is -2.31. The van der Waals surface area contributed by atoms with Gasteiger partial charge in [0.05, 0.1) is 0 Å². The number of nitrogens with zero attached hydrogens (tertiary/aromatic N) is 1. The van der Waals surface area contributed by atoms with Crippen LogP contribution in [0.4, 0.5) is 0 Å². The minimum absolute atomic E-state index is 0.262. The van der Waals surface area contributed by atoms with Gasteiger partial charge in [-0.3, -0.25) is 4.99 Å². The summed E-state index contributed by atoms with van der Waals surface area (Å²) in [5.74, 6) is 1.74. The second-order valence-corrected chi connectivity index (χ2v) is 6.15. The molecule has 0 unspecified atom stereocenters. The number of hydrogen-bond donors (Lipinski definition) is 2. The molecule has 1 saturated heterocycles. The van der Waals surface area contributed by atoms with Crippen LogP contribution in [-0.2, 0) is 4.74 Å². The molecule has 1 fully saturated rings. The van der Waals surface area contributed by atoms with Gasteiger partial charge in [0.2, 0.25) is 0 Å². The molecule has 4 nitrogen and oxygen atoms in total. The maximum atomic E-state index is 5.43. The second kappa shape index (κ2) is 8.41. The average molecular weight is 269 g/mol. The fraction of sp³-hybridized carbons (Fsp3) is 0.933. The maximum absolute atomic E-state index is 5.43. The Morgan fingerprint density at radius 1 is 1.16 bits per heavy atom. The summed E-state index contributed by atoms with van der Waals surface area (Å²) >= 11 is 0. The molecule has 0 aliphatic carbocycles. The normalized spacial score (nSPS) is 17.1. The van der Waals surface area contributed by atoms with Crippen LogP contribution in [0.1, 0.15) is 47.0 Å². The molecule has 1 aliphatic rings. The molecular weight excluding hydrogens is 238 g/mol. The molecule has 112 valence electrons. The lowest BCUT2D eigenvalue weighted by Crippen LogP contribution is -2.38. The smallest absolute Gasteiger partial charge is 0.191 e. The summed E-state index contributed by atoms with van der Waals surface area (Å²) in [6, 6.07) is 0. The summed E-state index contributed by atoms with van der Waals surface area (Å²) in [6.07, 6.45) is 3.66. The Labute approximate surface area is 118 Å². The first-order valence-corrected chi connectivity index (χ1v) is 7.67. The summed E-state index contributed by atoms with van der Waals surface area (Å²) in [6.45, 7) is 13.4. The van der Waals surface area contributed by atoms with E-state index in [0.717, 1.165) is 44.7 Å². The van der Waals surface area contributed by atoms with Crippen molar-refractivity contribution >= 4 is 5.96 Å². The zero-order valence-corrected chi connectivity index (χ0v) is 13.1. The molecule has 0 saturated carbocycles. The Morgan fingerprint density at radius 2 is 1.74 bits per heavy atom. The summed E-state index contributed by atoms with van der Waals surface area (Å²) in [7, 11) is 0. The molecular formula is C15H31N3O. The quantitative estimate of drug-likeness (QED) is 0.575. The van der Waals surface area contributed by atoms with E-state index < -0.39 is 0 Å². The van der Waals surface area contributed by atoms with Crippen molar-refractivity contribution in [2.24, 2.45) is 16.3 Å². The first-order chi connectivity index (χ1) is 9.07. The highest BCUT2D eigenvalue weighted by Crippen LogP contribution is 2.31. The zero-order valence-electron chi connectivity index (χ0n) is 13.1. The molecule has 0 aromatic heterocycles. The SMILES string of the molecule is CCNC(=NCC(C)(C)CC1CCOCC1)NCC. The minimum Gasteiger partial charge on any atom is -0.381 e. The lowest BCUT2D eigenvalue weighted by molar-refractivity contribution is 0.0522. The molecule has 0 radical (unpaired) electrons. The summed E-state index contributed by atoms with van der Waals surface area (Å²) in [4.78, 5) is 4.70. The molecule has 0 atom stereocenters. The van der Waals surface area contributed by atoms with Crippen molar-refractivity contribution in [2.45, 2.75) is 47.0 Å². The van der Waals surface area contributed by atoms with E-state index in [9.17, 15) is 0 Å². The largest absolute Gasteiger partial charge is 0.381 e. The summed E-state index contributed by atoms with van der Waals surface area (Å²) in [5.41, 5.74) is 0.262. The van der Waals surface area contributed by atoms with E-state index in [-0.39, 0.29) is 5.41 Å². The number of nitrogens with one attached hydrogen (secondary N) is 2. The van der Waals surface area contributed by atoms with Gasteiger partial charge in [0.1, 0.15) is 0 Å². The molecule has 0 aromatic rings. The van der Waals surface area contributed by atoms with Gasteiger partial charge in [0.15, 0.2) is 5.96 Å². The number of aliphatic imine (C=N–C) groups is 1. The molecule has 0 bridgehead atoms. The van der Waals surface area contributed by atoms with Gasteiger partial charge in [-0.25, -0.2) is 0 Å². The van der Waals surface area contributed by atoms with Crippen molar-refractivity contribution in [3.8, 4) is 0 Å². The minimum atomic E-state index is 0.262.